The Labute approximate surface area is 157 Å². The van der Waals surface area contributed by atoms with Crippen molar-refractivity contribution in [3.05, 3.63) is 76.4 Å². The number of hydrogen-bond donors (Lipinski definition) is 1. The Morgan fingerprint density at radius 1 is 1.19 bits per heavy atom. The van der Waals surface area contributed by atoms with E-state index >= 15 is 0 Å². The lowest BCUT2D eigenvalue weighted by Gasteiger charge is -2.06. The second-order valence-corrected chi connectivity index (χ2v) is 6.70. The fourth-order valence-electron chi connectivity index (χ4n) is 3.49. The van der Waals surface area contributed by atoms with Gasteiger partial charge in [0, 0.05) is 42.0 Å². The number of imidazole rings is 1. The smallest absolute Gasteiger partial charge is 0.272 e. The second-order valence-electron chi connectivity index (χ2n) is 6.70. The summed E-state index contributed by atoms with van der Waals surface area (Å²) in [5.41, 5.74) is 4.59. The highest BCUT2D eigenvalue weighted by Crippen LogP contribution is 2.27. The van der Waals surface area contributed by atoms with Crippen molar-refractivity contribution in [1.82, 2.24) is 24.1 Å². The minimum Gasteiger partial charge on any atom is -0.335 e. The number of hydrogen-bond acceptors (Lipinski definition) is 3. The van der Waals surface area contributed by atoms with Gasteiger partial charge in [-0.3, -0.25) is 9.89 Å². The summed E-state index contributed by atoms with van der Waals surface area (Å²) >= 11 is 0. The summed E-state index contributed by atoms with van der Waals surface area (Å²) in [6.45, 7) is 4.94. The first-order chi connectivity index (χ1) is 13.2. The highest BCUT2D eigenvalue weighted by Gasteiger charge is 2.15. The van der Waals surface area contributed by atoms with Gasteiger partial charge in [-0.25, -0.2) is 14.5 Å². The van der Waals surface area contributed by atoms with Crippen molar-refractivity contribution >= 4 is 5.65 Å². The van der Waals surface area contributed by atoms with E-state index in [1.165, 1.54) is 0 Å². The zero-order valence-electron chi connectivity index (χ0n) is 15.6. The molecule has 0 unspecified atom stereocenters. The fourth-order valence-corrected chi connectivity index (χ4v) is 3.49. The Bertz CT molecular complexity index is 1120. The van der Waals surface area contributed by atoms with Crippen LogP contribution >= 0.6 is 0 Å². The number of fused-ring (bicyclic) bond motifs is 1. The van der Waals surface area contributed by atoms with Crippen molar-refractivity contribution < 1.29 is 0 Å². The molecule has 0 fully saturated rings. The maximum absolute atomic E-state index is 12.6. The van der Waals surface area contributed by atoms with Crippen molar-refractivity contribution in [2.45, 2.75) is 39.7 Å². The number of nitrogens with one attached hydrogen (secondary N) is 1. The van der Waals surface area contributed by atoms with Gasteiger partial charge in [-0.15, -0.1) is 0 Å². The van der Waals surface area contributed by atoms with Crippen molar-refractivity contribution in [3.8, 4) is 11.1 Å². The lowest BCUT2D eigenvalue weighted by molar-refractivity contribution is 0.620. The zero-order valence-corrected chi connectivity index (χ0v) is 15.6. The lowest BCUT2D eigenvalue weighted by atomic mass is 10.0. The van der Waals surface area contributed by atoms with Gasteiger partial charge in [0.2, 0.25) is 0 Å². The summed E-state index contributed by atoms with van der Waals surface area (Å²) in [4.78, 5) is 21.7. The van der Waals surface area contributed by atoms with E-state index in [2.05, 4.69) is 33.7 Å². The highest BCUT2D eigenvalue weighted by atomic mass is 16.1. The van der Waals surface area contributed by atoms with Crippen LogP contribution in [0, 0.1) is 6.92 Å². The van der Waals surface area contributed by atoms with Gasteiger partial charge in [0.05, 0.1) is 0 Å². The molecule has 6 heteroatoms. The largest absolute Gasteiger partial charge is 0.335 e. The third kappa shape index (κ3) is 3.30. The average molecular weight is 361 g/mol. The SMILES string of the molecule is CCc1[nH]n2c(=O)cc(CCCn3ccnc3C)nc2c1-c1ccccc1. The topological polar surface area (TPSA) is 68.0 Å². The van der Waals surface area contributed by atoms with Crippen LogP contribution in [0.1, 0.15) is 30.6 Å². The van der Waals surface area contributed by atoms with Crippen LogP contribution in [0.5, 0.6) is 0 Å². The molecule has 138 valence electrons. The van der Waals surface area contributed by atoms with Crippen LogP contribution in [0.25, 0.3) is 16.8 Å². The Hall–Kier alpha value is -3.15. The quantitative estimate of drug-likeness (QED) is 0.572. The van der Waals surface area contributed by atoms with Crippen molar-refractivity contribution in [3.63, 3.8) is 0 Å². The van der Waals surface area contributed by atoms with Gasteiger partial charge in [-0.2, -0.15) is 0 Å². The summed E-state index contributed by atoms with van der Waals surface area (Å²) in [5.74, 6) is 1.00. The van der Waals surface area contributed by atoms with E-state index in [4.69, 9.17) is 4.98 Å². The standard InChI is InChI=1S/C21H23N5O/c1-3-18-20(16-8-5-4-6-9-16)21-23-17(14-19(27)26(21)24-18)10-7-12-25-13-11-22-15(25)2/h4-6,8-9,11,13-14,24H,3,7,10,12H2,1-2H3. The molecular weight excluding hydrogens is 338 g/mol. The first-order valence-corrected chi connectivity index (χ1v) is 9.34. The van der Waals surface area contributed by atoms with E-state index in [1.807, 2.05) is 37.5 Å². The van der Waals surface area contributed by atoms with Gasteiger partial charge in [-0.1, -0.05) is 37.3 Å². The zero-order chi connectivity index (χ0) is 18.8. The van der Waals surface area contributed by atoms with Crippen LogP contribution in [0.2, 0.25) is 0 Å². The summed E-state index contributed by atoms with van der Waals surface area (Å²) in [7, 11) is 0. The molecule has 0 spiro atoms. The molecule has 0 saturated heterocycles. The molecule has 4 rings (SSSR count). The van der Waals surface area contributed by atoms with Crippen molar-refractivity contribution in [2.75, 3.05) is 0 Å². The molecule has 6 nitrogen and oxygen atoms in total. The van der Waals surface area contributed by atoms with Crippen molar-refractivity contribution in [1.29, 1.82) is 0 Å². The van der Waals surface area contributed by atoms with E-state index in [-0.39, 0.29) is 5.56 Å². The molecule has 0 radical (unpaired) electrons. The molecule has 4 aromatic rings. The molecule has 1 aromatic carbocycles. The predicted molar refractivity (Wildman–Crippen MR) is 106 cm³/mol. The number of aromatic nitrogens is 5. The molecule has 0 amide bonds. The van der Waals surface area contributed by atoms with E-state index in [0.29, 0.717) is 5.65 Å². The van der Waals surface area contributed by atoms with Crippen LogP contribution < -0.4 is 5.56 Å². The number of aryl methyl sites for hydroxylation is 4. The number of rotatable bonds is 6. The van der Waals surface area contributed by atoms with Gasteiger partial charge < -0.3 is 4.57 Å². The van der Waals surface area contributed by atoms with Crippen LogP contribution in [-0.2, 0) is 19.4 Å². The summed E-state index contributed by atoms with van der Waals surface area (Å²) < 4.78 is 3.68. The predicted octanol–water partition coefficient (Wildman–Crippen LogP) is 3.39. The van der Waals surface area contributed by atoms with Crippen LogP contribution in [0.15, 0.2) is 53.6 Å². The minimum absolute atomic E-state index is 0.0642. The molecular formula is C21H23N5O. The van der Waals surface area contributed by atoms with E-state index in [0.717, 1.165) is 54.1 Å². The highest BCUT2D eigenvalue weighted by molar-refractivity contribution is 5.79. The molecule has 27 heavy (non-hydrogen) atoms. The van der Waals surface area contributed by atoms with Gasteiger partial charge in [0.15, 0.2) is 5.65 Å². The molecule has 0 aliphatic rings. The first-order valence-electron chi connectivity index (χ1n) is 9.34. The Morgan fingerprint density at radius 3 is 2.70 bits per heavy atom. The monoisotopic (exact) mass is 361 g/mol. The Kier molecular flexibility index (Phi) is 4.62. The Morgan fingerprint density at radius 2 is 2.00 bits per heavy atom. The van der Waals surface area contributed by atoms with Crippen molar-refractivity contribution in [2.24, 2.45) is 0 Å². The molecule has 0 aliphatic heterocycles. The molecule has 1 N–H and O–H groups in total. The molecule has 0 atom stereocenters. The summed E-state index contributed by atoms with van der Waals surface area (Å²) in [6.07, 6.45) is 6.26. The number of nitrogens with zero attached hydrogens (tertiary/aromatic N) is 4. The third-order valence-corrected chi connectivity index (χ3v) is 4.92. The number of aromatic amines is 1. The fraction of sp³-hybridized carbons (Fsp3) is 0.286. The van der Waals surface area contributed by atoms with E-state index in [9.17, 15) is 4.79 Å². The maximum Gasteiger partial charge on any atom is 0.272 e. The molecule has 0 bridgehead atoms. The molecule has 3 aromatic heterocycles. The normalized spacial score (nSPS) is 11.3. The van der Waals surface area contributed by atoms with Crippen LogP contribution in [-0.4, -0.2) is 24.1 Å². The molecule has 0 saturated carbocycles. The maximum atomic E-state index is 12.6. The van der Waals surface area contributed by atoms with Crippen LogP contribution in [0.3, 0.4) is 0 Å². The van der Waals surface area contributed by atoms with Gasteiger partial charge >= 0.3 is 0 Å². The average Bonchev–Trinajstić information content (AvgIpc) is 3.26. The summed E-state index contributed by atoms with van der Waals surface area (Å²) in [5, 5.41) is 3.22. The number of benzene rings is 1. The van der Waals surface area contributed by atoms with E-state index in [1.54, 1.807) is 10.6 Å². The third-order valence-electron chi connectivity index (χ3n) is 4.92. The summed E-state index contributed by atoms with van der Waals surface area (Å²) in [6, 6.07) is 11.8. The van der Waals surface area contributed by atoms with Gasteiger partial charge in [0.25, 0.3) is 5.56 Å². The molecule has 3 heterocycles. The van der Waals surface area contributed by atoms with Crippen LogP contribution in [0.4, 0.5) is 0 Å². The van der Waals surface area contributed by atoms with Gasteiger partial charge in [-0.05, 0) is 31.7 Å². The minimum atomic E-state index is -0.0642. The second kappa shape index (κ2) is 7.23. The Balaban J connectivity index is 1.69. The van der Waals surface area contributed by atoms with Gasteiger partial charge in [0.1, 0.15) is 5.82 Å². The van der Waals surface area contributed by atoms with E-state index < -0.39 is 0 Å². The number of H-pyrrole nitrogens is 1. The lowest BCUT2D eigenvalue weighted by Crippen LogP contribution is -2.16. The molecule has 0 aliphatic carbocycles. The first kappa shape index (κ1) is 17.3.